The van der Waals surface area contributed by atoms with Gasteiger partial charge in [0.25, 0.3) is 5.91 Å². The number of halogens is 3. The van der Waals surface area contributed by atoms with E-state index in [2.05, 4.69) is 20.5 Å². The second kappa shape index (κ2) is 8.96. The molecule has 1 aliphatic heterocycles. The maximum absolute atomic E-state index is 13.3. The minimum atomic E-state index is -4.53. The minimum Gasteiger partial charge on any atom is -0.379 e. The molecule has 0 spiro atoms. The molecule has 2 fully saturated rings. The number of amides is 1. The fraction of sp³-hybridized carbons (Fsp3) is 0.571. The summed E-state index contributed by atoms with van der Waals surface area (Å²) < 4.78 is 46.3. The Hall–Kier alpha value is -2.46. The molecule has 1 aromatic carbocycles. The molecule has 10 heteroatoms. The number of rotatable bonds is 5. The highest BCUT2D eigenvalue weighted by atomic mass is 19.4. The summed E-state index contributed by atoms with van der Waals surface area (Å²) in [6.45, 7) is 3.50. The molecule has 1 amide bonds. The summed E-state index contributed by atoms with van der Waals surface area (Å²) in [5.74, 6) is -0.436. The quantitative estimate of drug-likeness (QED) is 0.779. The van der Waals surface area contributed by atoms with E-state index in [-0.39, 0.29) is 16.9 Å². The maximum atomic E-state index is 13.3. The van der Waals surface area contributed by atoms with Crippen molar-refractivity contribution in [2.24, 2.45) is 0 Å². The fourth-order valence-electron chi connectivity index (χ4n) is 4.59. The van der Waals surface area contributed by atoms with Gasteiger partial charge in [0, 0.05) is 25.2 Å². The van der Waals surface area contributed by atoms with Gasteiger partial charge in [0.15, 0.2) is 5.69 Å². The number of ether oxygens (including phenoxy) is 1. The number of aromatic nitrogens is 3. The standard InChI is InChI=1S/C21H26F3N5O2/c22-21(23,24)16-6-2-3-7-18(16)29-14-17(26-27-29)19(30)25-15-20(8-4-1-5-9-20)28-10-12-31-13-11-28/h2-3,6-7,14H,1,4-5,8-13,15H2,(H,25,30). The second-order valence-electron chi connectivity index (χ2n) is 8.13. The first-order valence-corrected chi connectivity index (χ1v) is 10.6. The molecule has 31 heavy (non-hydrogen) atoms. The molecule has 0 unspecified atom stereocenters. The Morgan fingerprint density at radius 3 is 2.55 bits per heavy atom. The van der Waals surface area contributed by atoms with Crippen molar-refractivity contribution in [2.75, 3.05) is 32.8 Å². The zero-order chi connectivity index (χ0) is 21.9. The van der Waals surface area contributed by atoms with Crippen LogP contribution in [0.1, 0.15) is 48.2 Å². The predicted molar refractivity (Wildman–Crippen MR) is 107 cm³/mol. The van der Waals surface area contributed by atoms with Gasteiger partial charge in [0.05, 0.1) is 30.7 Å². The first-order valence-electron chi connectivity index (χ1n) is 10.6. The normalized spacial score (nSPS) is 19.8. The molecule has 2 aromatic rings. The third-order valence-corrected chi connectivity index (χ3v) is 6.23. The number of morpholine rings is 1. The summed E-state index contributed by atoms with van der Waals surface area (Å²) in [5, 5.41) is 10.5. The lowest BCUT2D eigenvalue weighted by atomic mass is 9.79. The molecule has 7 nitrogen and oxygen atoms in total. The minimum absolute atomic E-state index is 0.00934. The van der Waals surface area contributed by atoms with Gasteiger partial charge in [0.2, 0.25) is 0 Å². The van der Waals surface area contributed by atoms with E-state index < -0.39 is 17.6 Å². The Balaban J connectivity index is 1.48. The molecule has 1 N–H and O–H groups in total. The highest BCUT2D eigenvalue weighted by Crippen LogP contribution is 2.34. The van der Waals surface area contributed by atoms with Gasteiger partial charge in [-0.05, 0) is 25.0 Å². The second-order valence-corrected chi connectivity index (χ2v) is 8.13. The van der Waals surface area contributed by atoms with Gasteiger partial charge in [-0.1, -0.05) is 36.6 Å². The molecular weight excluding hydrogens is 411 g/mol. The van der Waals surface area contributed by atoms with E-state index in [0.717, 1.165) is 49.5 Å². The summed E-state index contributed by atoms with van der Waals surface area (Å²) >= 11 is 0. The van der Waals surface area contributed by atoms with Crippen LogP contribution in [0.25, 0.3) is 5.69 Å². The van der Waals surface area contributed by atoms with E-state index in [1.165, 1.54) is 30.8 Å². The molecule has 1 aliphatic carbocycles. The number of nitrogens with zero attached hydrogens (tertiary/aromatic N) is 4. The van der Waals surface area contributed by atoms with Crippen LogP contribution in [-0.2, 0) is 10.9 Å². The lowest BCUT2D eigenvalue weighted by Crippen LogP contribution is -2.59. The number of benzene rings is 1. The summed E-state index contributed by atoms with van der Waals surface area (Å²) in [7, 11) is 0. The zero-order valence-electron chi connectivity index (χ0n) is 17.2. The number of para-hydroxylation sites is 1. The molecule has 2 aliphatic rings. The van der Waals surface area contributed by atoms with E-state index in [1.807, 2.05) is 0 Å². The van der Waals surface area contributed by atoms with Crippen molar-refractivity contribution in [3.8, 4) is 5.69 Å². The summed E-state index contributed by atoms with van der Waals surface area (Å²) in [4.78, 5) is 15.2. The van der Waals surface area contributed by atoms with Gasteiger partial charge >= 0.3 is 6.18 Å². The molecule has 2 heterocycles. The van der Waals surface area contributed by atoms with Crippen LogP contribution in [0.3, 0.4) is 0 Å². The largest absolute Gasteiger partial charge is 0.418 e. The van der Waals surface area contributed by atoms with Crippen LogP contribution in [0, 0.1) is 0 Å². The molecule has 1 saturated heterocycles. The lowest BCUT2D eigenvalue weighted by molar-refractivity contribution is -0.137. The van der Waals surface area contributed by atoms with E-state index >= 15 is 0 Å². The lowest BCUT2D eigenvalue weighted by Gasteiger charge is -2.48. The topological polar surface area (TPSA) is 72.3 Å². The Morgan fingerprint density at radius 1 is 1.13 bits per heavy atom. The molecule has 0 atom stereocenters. The van der Waals surface area contributed by atoms with Crippen molar-refractivity contribution >= 4 is 5.91 Å². The number of hydrogen-bond acceptors (Lipinski definition) is 5. The predicted octanol–water partition coefficient (Wildman–Crippen LogP) is 3.05. The van der Waals surface area contributed by atoms with Crippen LogP contribution in [0.4, 0.5) is 13.2 Å². The van der Waals surface area contributed by atoms with Gasteiger partial charge in [-0.2, -0.15) is 13.2 Å². The van der Waals surface area contributed by atoms with E-state index in [0.29, 0.717) is 19.8 Å². The van der Waals surface area contributed by atoms with Gasteiger partial charge in [-0.15, -0.1) is 5.10 Å². The number of carbonyl (C=O) groups excluding carboxylic acids is 1. The van der Waals surface area contributed by atoms with E-state index in [9.17, 15) is 18.0 Å². The third-order valence-electron chi connectivity index (χ3n) is 6.23. The van der Waals surface area contributed by atoms with Crippen molar-refractivity contribution in [1.82, 2.24) is 25.2 Å². The van der Waals surface area contributed by atoms with Crippen molar-refractivity contribution in [3.63, 3.8) is 0 Å². The Bertz CT molecular complexity index is 902. The summed E-state index contributed by atoms with van der Waals surface area (Å²) in [6.07, 6.45) is 2.11. The molecule has 168 valence electrons. The van der Waals surface area contributed by atoms with E-state index in [1.54, 1.807) is 0 Å². The molecule has 1 aromatic heterocycles. The monoisotopic (exact) mass is 437 g/mol. The van der Waals surface area contributed by atoms with E-state index in [4.69, 9.17) is 4.74 Å². The Labute approximate surface area is 178 Å². The highest BCUT2D eigenvalue weighted by Gasteiger charge is 2.39. The van der Waals surface area contributed by atoms with Gasteiger partial charge in [-0.3, -0.25) is 9.69 Å². The molecule has 1 saturated carbocycles. The average molecular weight is 437 g/mol. The van der Waals surface area contributed by atoms with Gasteiger partial charge < -0.3 is 10.1 Å². The molecular formula is C21H26F3N5O2. The van der Waals surface area contributed by atoms with Crippen molar-refractivity contribution < 1.29 is 22.7 Å². The number of carbonyl (C=O) groups is 1. The van der Waals surface area contributed by atoms with Crippen molar-refractivity contribution in [1.29, 1.82) is 0 Å². The van der Waals surface area contributed by atoms with Crippen LogP contribution in [0.5, 0.6) is 0 Å². The zero-order valence-corrected chi connectivity index (χ0v) is 17.2. The average Bonchev–Trinajstić information content (AvgIpc) is 3.28. The highest BCUT2D eigenvalue weighted by molar-refractivity contribution is 5.92. The third kappa shape index (κ3) is 4.74. The fourth-order valence-corrected chi connectivity index (χ4v) is 4.59. The number of alkyl halides is 3. The van der Waals surface area contributed by atoms with Gasteiger partial charge in [-0.25, -0.2) is 4.68 Å². The molecule has 4 rings (SSSR count). The van der Waals surface area contributed by atoms with Crippen LogP contribution >= 0.6 is 0 Å². The molecule has 0 bridgehead atoms. The van der Waals surface area contributed by atoms with Crippen LogP contribution in [0.15, 0.2) is 30.5 Å². The molecule has 0 radical (unpaired) electrons. The van der Waals surface area contributed by atoms with Crippen LogP contribution in [0.2, 0.25) is 0 Å². The van der Waals surface area contributed by atoms with Crippen molar-refractivity contribution in [2.45, 2.75) is 43.8 Å². The first kappa shape index (κ1) is 21.8. The Morgan fingerprint density at radius 2 is 1.84 bits per heavy atom. The SMILES string of the molecule is O=C(NCC1(N2CCOCC2)CCCCC1)c1cn(-c2ccccc2C(F)(F)F)nn1. The van der Waals surface area contributed by atoms with Crippen molar-refractivity contribution in [3.05, 3.63) is 41.7 Å². The smallest absolute Gasteiger partial charge is 0.379 e. The summed E-state index contributed by atoms with van der Waals surface area (Å²) in [5.41, 5.74) is -1.12. The number of hydrogen-bond donors (Lipinski definition) is 1. The van der Waals surface area contributed by atoms with Crippen LogP contribution in [-0.4, -0.2) is 64.2 Å². The van der Waals surface area contributed by atoms with Crippen LogP contribution < -0.4 is 5.32 Å². The maximum Gasteiger partial charge on any atom is 0.418 e. The van der Waals surface area contributed by atoms with Gasteiger partial charge in [0.1, 0.15) is 0 Å². The number of nitrogens with one attached hydrogen (secondary N) is 1. The first-order chi connectivity index (χ1) is 14.9. The summed E-state index contributed by atoms with van der Waals surface area (Å²) in [6, 6.07) is 5.08. The Kier molecular flexibility index (Phi) is 6.29.